The van der Waals surface area contributed by atoms with Crippen LogP contribution < -0.4 is 4.72 Å². The van der Waals surface area contributed by atoms with E-state index < -0.39 is 10.0 Å². The molecule has 0 amide bonds. The van der Waals surface area contributed by atoms with Gasteiger partial charge in [-0.25, -0.2) is 17.5 Å². The van der Waals surface area contributed by atoms with Gasteiger partial charge in [0.1, 0.15) is 5.82 Å². The molecule has 16 heavy (non-hydrogen) atoms. The van der Waals surface area contributed by atoms with Crippen molar-refractivity contribution in [1.29, 1.82) is 0 Å². The van der Waals surface area contributed by atoms with E-state index in [1.165, 1.54) is 18.2 Å². The molecule has 1 aromatic rings. The van der Waals surface area contributed by atoms with Gasteiger partial charge in [0.2, 0.25) is 10.0 Å². The molecule has 0 radical (unpaired) electrons. The van der Waals surface area contributed by atoms with Gasteiger partial charge in [-0.15, -0.1) is 0 Å². The van der Waals surface area contributed by atoms with Gasteiger partial charge in [0.05, 0.1) is 4.90 Å². The van der Waals surface area contributed by atoms with Gasteiger partial charge in [0, 0.05) is 6.54 Å². The minimum absolute atomic E-state index is 0.124. The Morgan fingerprint density at radius 1 is 1.31 bits per heavy atom. The van der Waals surface area contributed by atoms with Crippen LogP contribution in [-0.2, 0) is 16.4 Å². The van der Waals surface area contributed by atoms with Crippen molar-refractivity contribution in [3.8, 4) is 0 Å². The number of benzene rings is 1. The first-order valence-corrected chi connectivity index (χ1v) is 6.77. The molecule has 5 heteroatoms. The van der Waals surface area contributed by atoms with Gasteiger partial charge in [-0.3, -0.25) is 0 Å². The first-order valence-electron chi connectivity index (χ1n) is 5.29. The number of nitrogens with one attached hydrogen (secondary N) is 1. The quantitative estimate of drug-likeness (QED) is 0.863. The second-order valence-corrected chi connectivity index (χ2v) is 5.27. The fourth-order valence-corrected chi connectivity index (χ4v) is 2.49. The van der Waals surface area contributed by atoms with E-state index in [9.17, 15) is 12.8 Å². The van der Waals surface area contributed by atoms with E-state index in [1.807, 2.05) is 6.92 Å². The van der Waals surface area contributed by atoms with Crippen LogP contribution >= 0.6 is 0 Å². The largest absolute Gasteiger partial charge is 0.240 e. The smallest absolute Gasteiger partial charge is 0.211 e. The Kier molecular flexibility index (Phi) is 4.44. The SMILES string of the molecule is CCCNS(=O)(=O)c1ccc(F)c(CC)c1. The number of rotatable bonds is 5. The molecule has 3 nitrogen and oxygen atoms in total. The maximum absolute atomic E-state index is 13.2. The molecule has 90 valence electrons. The van der Waals surface area contributed by atoms with Crippen LogP contribution in [0.4, 0.5) is 4.39 Å². The van der Waals surface area contributed by atoms with Crippen LogP contribution in [0.25, 0.3) is 0 Å². The Bertz CT molecular complexity index is 457. The summed E-state index contributed by atoms with van der Waals surface area (Å²) in [5.74, 6) is -0.364. The topological polar surface area (TPSA) is 46.2 Å². The van der Waals surface area contributed by atoms with E-state index >= 15 is 0 Å². The first kappa shape index (κ1) is 13.1. The second kappa shape index (κ2) is 5.41. The van der Waals surface area contributed by atoms with E-state index in [0.717, 1.165) is 6.42 Å². The minimum Gasteiger partial charge on any atom is -0.211 e. The third kappa shape index (κ3) is 3.02. The van der Waals surface area contributed by atoms with Crippen LogP contribution in [0.3, 0.4) is 0 Å². The van der Waals surface area contributed by atoms with E-state index in [1.54, 1.807) is 6.92 Å². The molecule has 0 spiro atoms. The molecule has 0 saturated carbocycles. The highest BCUT2D eigenvalue weighted by Crippen LogP contribution is 2.15. The molecular formula is C11H16FNO2S. The van der Waals surface area contributed by atoms with Crippen LogP contribution in [0.5, 0.6) is 0 Å². The average molecular weight is 245 g/mol. The van der Waals surface area contributed by atoms with Crippen molar-refractivity contribution in [2.24, 2.45) is 0 Å². The number of aryl methyl sites for hydroxylation is 1. The van der Waals surface area contributed by atoms with Crippen LogP contribution in [-0.4, -0.2) is 15.0 Å². The summed E-state index contributed by atoms with van der Waals surface area (Å²) in [6, 6.07) is 3.86. The second-order valence-electron chi connectivity index (χ2n) is 3.50. The zero-order valence-corrected chi connectivity index (χ0v) is 10.3. The predicted molar refractivity (Wildman–Crippen MR) is 61.3 cm³/mol. The Labute approximate surface area is 95.7 Å². The summed E-state index contributed by atoms with van der Waals surface area (Å²) in [5.41, 5.74) is 0.416. The van der Waals surface area contributed by atoms with E-state index in [-0.39, 0.29) is 10.7 Å². The predicted octanol–water partition coefficient (Wildman–Crippen LogP) is 2.08. The standard InChI is InChI=1S/C11H16FNO2S/c1-3-7-13-16(14,15)10-5-6-11(12)9(4-2)8-10/h5-6,8,13H,3-4,7H2,1-2H3. The molecule has 0 fully saturated rings. The highest BCUT2D eigenvalue weighted by Gasteiger charge is 2.14. The van der Waals surface area contributed by atoms with E-state index in [2.05, 4.69) is 4.72 Å². The van der Waals surface area contributed by atoms with Crippen molar-refractivity contribution >= 4 is 10.0 Å². The third-order valence-electron chi connectivity index (χ3n) is 2.25. The number of halogens is 1. The highest BCUT2D eigenvalue weighted by atomic mass is 32.2. The summed E-state index contributed by atoms with van der Waals surface area (Å²) in [7, 11) is -3.49. The molecule has 0 aliphatic heterocycles. The lowest BCUT2D eigenvalue weighted by atomic mass is 10.2. The highest BCUT2D eigenvalue weighted by molar-refractivity contribution is 7.89. The van der Waals surface area contributed by atoms with Crippen LogP contribution in [0.2, 0.25) is 0 Å². The van der Waals surface area contributed by atoms with Gasteiger partial charge in [0.15, 0.2) is 0 Å². The fourth-order valence-electron chi connectivity index (χ4n) is 1.31. The van der Waals surface area contributed by atoms with Gasteiger partial charge >= 0.3 is 0 Å². The Hall–Kier alpha value is -0.940. The minimum atomic E-state index is -3.49. The number of hydrogen-bond donors (Lipinski definition) is 1. The van der Waals surface area contributed by atoms with Crippen molar-refractivity contribution in [2.45, 2.75) is 31.6 Å². The molecule has 0 aliphatic carbocycles. The zero-order valence-electron chi connectivity index (χ0n) is 9.46. The van der Waals surface area contributed by atoms with Crippen molar-refractivity contribution in [2.75, 3.05) is 6.54 Å². The molecular weight excluding hydrogens is 229 g/mol. The van der Waals surface area contributed by atoms with Gasteiger partial charge < -0.3 is 0 Å². The van der Waals surface area contributed by atoms with E-state index in [4.69, 9.17) is 0 Å². The average Bonchev–Trinajstić information content (AvgIpc) is 2.27. The molecule has 0 atom stereocenters. The van der Waals surface area contributed by atoms with Crippen molar-refractivity contribution < 1.29 is 12.8 Å². The summed E-state index contributed by atoms with van der Waals surface area (Å²) in [6.07, 6.45) is 1.20. The maximum Gasteiger partial charge on any atom is 0.240 e. The molecule has 1 N–H and O–H groups in total. The van der Waals surface area contributed by atoms with Crippen LogP contribution in [0.15, 0.2) is 23.1 Å². The fraction of sp³-hybridized carbons (Fsp3) is 0.455. The normalized spacial score (nSPS) is 11.7. The van der Waals surface area contributed by atoms with Crippen LogP contribution in [0, 0.1) is 5.82 Å². The Morgan fingerprint density at radius 3 is 2.56 bits per heavy atom. The molecule has 0 unspecified atom stereocenters. The van der Waals surface area contributed by atoms with Crippen molar-refractivity contribution in [1.82, 2.24) is 4.72 Å². The molecule has 1 aromatic carbocycles. The lowest BCUT2D eigenvalue weighted by Gasteiger charge is -2.07. The Balaban J connectivity index is 3.04. The van der Waals surface area contributed by atoms with Gasteiger partial charge in [-0.05, 0) is 36.6 Å². The lowest BCUT2D eigenvalue weighted by Crippen LogP contribution is -2.24. The molecule has 0 aliphatic rings. The zero-order chi connectivity index (χ0) is 12.2. The monoisotopic (exact) mass is 245 g/mol. The summed E-state index contributed by atoms with van der Waals surface area (Å²) in [6.45, 7) is 4.06. The summed E-state index contributed by atoms with van der Waals surface area (Å²) >= 11 is 0. The molecule has 0 aromatic heterocycles. The van der Waals surface area contributed by atoms with Gasteiger partial charge in [0.25, 0.3) is 0 Å². The number of hydrogen-bond acceptors (Lipinski definition) is 2. The van der Waals surface area contributed by atoms with Gasteiger partial charge in [-0.2, -0.15) is 0 Å². The molecule has 0 heterocycles. The molecule has 0 bridgehead atoms. The number of sulfonamides is 1. The Morgan fingerprint density at radius 2 is 2.00 bits per heavy atom. The summed E-state index contributed by atoms with van der Waals surface area (Å²) in [5, 5.41) is 0. The molecule has 1 rings (SSSR count). The lowest BCUT2D eigenvalue weighted by molar-refractivity contribution is 0.578. The molecule has 0 saturated heterocycles. The third-order valence-corrected chi connectivity index (χ3v) is 3.71. The van der Waals surface area contributed by atoms with Crippen molar-refractivity contribution in [3.05, 3.63) is 29.6 Å². The van der Waals surface area contributed by atoms with Crippen LogP contribution in [0.1, 0.15) is 25.8 Å². The maximum atomic E-state index is 13.2. The summed E-state index contributed by atoms with van der Waals surface area (Å²) in [4.78, 5) is 0.124. The van der Waals surface area contributed by atoms with Crippen molar-refractivity contribution in [3.63, 3.8) is 0 Å². The van der Waals surface area contributed by atoms with Gasteiger partial charge in [-0.1, -0.05) is 13.8 Å². The first-order chi connectivity index (χ1) is 7.51. The summed E-state index contributed by atoms with van der Waals surface area (Å²) < 4.78 is 39.1. The van der Waals surface area contributed by atoms with E-state index in [0.29, 0.717) is 18.5 Å².